The first kappa shape index (κ1) is 19.0. The smallest absolute Gasteiger partial charge is 0.214 e. The van der Waals surface area contributed by atoms with Crippen LogP contribution in [0.5, 0.6) is 5.88 Å². The average molecular weight is 418 g/mol. The van der Waals surface area contributed by atoms with Crippen LogP contribution in [0.3, 0.4) is 0 Å². The number of guanidine groups is 1. The predicted octanol–water partition coefficient (Wildman–Crippen LogP) is 3.22. The van der Waals surface area contributed by atoms with Crippen molar-refractivity contribution in [2.75, 3.05) is 0 Å². The molecule has 22 heavy (non-hydrogen) atoms. The lowest BCUT2D eigenvalue weighted by Crippen LogP contribution is -2.38. The van der Waals surface area contributed by atoms with E-state index in [2.05, 4.69) is 15.3 Å². The molecule has 1 saturated carbocycles. The normalized spacial score (nSPS) is 16.2. The fourth-order valence-electron chi connectivity index (χ4n) is 2.41. The van der Waals surface area contributed by atoms with Crippen LogP contribution in [0.25, 0.3) is 0 Å². The molecule has 1 aliphatic rings. The zero-order chi connectivity index (χ0) is 15.3. The van der Waals surface area contributed by atoms with Crippen molar-refractivity contribution in [3.8, 4) is 5.88 Å². The van der Waals surface area contributed by atoms with E-state index in [1.54, 1.807) is 0 Å². The first-order chi connectivity index (χ1) is 9.92. The van der Waals surface area contributed by atoms with Gasteiger partial charge in [0.25, 0.3) is 0 Å². The molecule has 6 heteroatoms. The van der Waals surface area contributed by atoms with E-state index in [4.69, 9.17) is 10.5 Å². The van der Waals surface area contributed by atoms with Crippen LogP contribution >= 0.6 is 24.0 Å². The van der Waals surface area contributed by atoms with E-state index in [0.717, 1.165) is 5.69 Å². The van der Waals surface area contributed by atoms with Gasteiger partial charge in [0.2, 0.25) is 5.88 Å². The summed E-state index contributed by atoms with van der Waals surface area (Å²) in [5.74, 6) is 1.13. The molecule has 1 heterocycles. The molecule has 0 atom stereocenters. The monoisotopic (exact) mass is 418 g/mol. The fourth-order valence-corrected chi connectivity index (χ4v) is 2.41. The number of aromatic nitrogens is 1. The van der Waals surface area contributed by atoms with Crippen molar-refractivity contribution in [3.05, 3.63) is 23.9 Å². The molecule has 2 rings (SSSR count). The van der Waals surface area contributed by atoms with E-state index in [9.17, 15) is 0 Å². The van der Waals surface area contributed by atoms with Crippen molar-refractivity contribution in [2.24, 2.45) is 10.7 Å². The van der Waals surface area contributed by atoms with Crippen LogP contribution in [0.2, 0.25) is 0 Å². The average Bonchev–Trinajstić information content (AvgIpc) is 2.87. The Bertz CT molecular complexity index is 493. The highest BCUT2D eigenvalue weighted by molar-refractivity contribution is 14.0. The second-order valence-electron chi connectivity index (χ2n) is 6.51. The summed E-state index contributed by atoms with van der Waals surface area (Å²) in [6.07, 6.45) is 4.92. The van der Waals surface area contributed by atoms with E-state index >= 15 is 0 Å². The lowest BCUT2D eigenvalue weighted by Gasteiger charge is -2.20. The maximum Gasteiger partial charge on any atom is 0.214 e. The third kappa shape index (κ3) is 6.81. The van der Waals surface area contributed by atoms with Crippen LogP contribution in [0.15, 0.2) is 23.2 Å². The molecule has 1 fully saturated rings. The zero-order valence-electron chi connectivity index (χ0n) is 13.6. The largest absolute Gasteiger partial charge is 0.472 e. The summed E-state index contributed by atoms with van der Waals surface area (Å²) in [5.41, 5.74) is 6.52. The number of halogens is 1. The van der Waals surface area contributed by atoms with E-state index in [1.807, 2.05) is 39.0 Å². The SMILES string of the molecule is CC(C)(C)Oc1cccc(CN=C(N)NC2CCCC2)n1.I. The van der Waals surface area contributed by atoms with E-state index in [0.29, 0.717) is 24.4 Å². The van der Waals surface area contributed by atoms with Gasteiger partial charge in [0, 0.05) is 12.1 Å². The van der Waals surface area contributed by atoms with Crippen LogP contribution in [0.1, 0.15) is 52.1 Å². The number of hydrogen-bond donors (Lipinski definition) is 2. The Hall–Kier alpha value is -1.05. The van der Waals surface area contributed by atoms with Gasteiger partial charge < -0.3 is 15.8 Å². The van der Waals surface area contributed by atoms with Crippen molar-refractivity contribution in [1.82, 2.24) is 10.3 Å². The summed E-state index contributed by atoms with van der Waals surface area (Å²) in [7, 11) is 0. The molecule has 0 spiro atoms. The van der Waals surface area contributed by atoms with Crippen LogP contribution in [0, 0.1) is 0 Å². The van der Waals surface area contributed by atoms with Gasteiger partial charge in [-0.25, -0.2) is 9.98 Å². The maximum atomic E-state index is 5.92. The Kier molecular flexibility index (Phi) is 7.38. The number of nitrogens with zero attached hydrogens (tertiary/aromatic N) is 2. The van der Waals surface area contributed by atoms with Gasteiger partial charge >= 0.3 is 0 Å². The quantitative estimate of drug-likeness (QED) is 0.448. The molecule has 5 nitrogen and oxygen atoms in total. The van der Waals surface area contributed by atoms with Crippen LogP contribution in [0.4, 0.5) is 0 Å². The molecule has 1 aliphatic carbocycles. The van der Waals surface area contributed by atoms with Gasteiger partial charge in [-0.05, 0) is 39.7 Å². The molecular formula is C16H27IN4O. The molecule has 1 aromatic heterocycles. The topological polar surface area (TPSA) is 72.5 Å². The molecule has 0 amide bonds. The Morgan fingerprint density at radius 1 is 1.36 bits per heavy atom. The number of pyridine rings is 1. The van der Waals surface area contributed by atoms with Crippen LogP contribution in [-0.4, -0.2) is 22.6 Å². The van der Waals surface area contributed by atoms with Gasteiger partial charge in [0.1, 0.15) is 5.60 Å². The summed E-state index contributed by atoms with van der Waals surface area (Å²) in [6, 6.07) is 6.21. The Morgan fingerprint density at radius 3 is 2.68 bits per heavy atom. The molecule has 0 aromatic carbocycles. The highest BCUT2D eigenvalue weighted by Crippen LogP contribution is 2.17. The van der Waals surface area contributed by atoms with Crippen molar-refractivity contribution >= 4 is 29.9 Å². The van der Waals surface area contributed by atoms with Gasteiger partial charge in [-0.15, -0.1) is 24.0 Å². The third-order valence-electron chi connectivity index (χ3n) is 3.31. The van der Waals surface area contributed by atoms with Crippen molar-refractivity contribution in [1.29, 1.82) is 0 Å². The number of ether oxygens (including phenoxy) is 1. The van der Waals surface area contributed by atoms with E-state index in [-0.39, 0.29) is 29.6 Å². The highest BCUT2D eigenvalue weighted by atomic mass is 127. The summed E-state index contributed by atoms with van der Waals surface area (Å²) in [4.78, 5) is 8.81. The molecule has 3 N–H and O–H groups in total. The Morgan fingerprint density at radius 2 is 2.05 bits per heavy atom. The minimum Gasteiger partial charge on any atom is -0.472 e. The molecule has 0 saturated heterocycles. The molecular weight excluding hydrogens is 391 g/mol. The summed E-state index contributed by atoms with van der Waals surface area (Å²) in [5, 5.41) is 3.27. The van der Waals surface area contributed by atoms with Crippen LogP contribution in [-0.2, 0) is 6.54 Å². The predicted molar refractivity (Wildman–Crippen MR) is 101 cm³/mol. The van der Waals surface area contributed by atoms with Gasteiger partial charge in [0.05, 0.1) is 12.2 Å². The van der Waals surface area contributed by atoms with Crippen molar-refractivity contribution in [3.63, 3.8) is 0 Å². The van der Waals surface area contributed by atoms with Crippen LogP contribution < -0.4 is 15.8 Å². The Balaban J connectivity index is 0.00000242. The van der Waals surface area contributed by atoms with E-state index in [1.165, 1.54) is 25.7 Å². The molecule has 0 radical (unpaired) electrons. The molecule has 1 aromatic rings. The highest BCUT2D eigenvalue weighted by Gasteiger charge is 2.15. The second-order valence-corrected chi connectivity index (χ2v) is 6.51. The first-order valence-corrected chi connectivity index (χ1v) is 7.64. The molecule has 0 aliphatic heterocycles. The van der Waals surface area contributed by atoms with Gasteiger partial charge in [0.15, 0.2) is 5.96 Å². The van der Waals surface area contributed by atoms with Crippen molar-refractivity contribution < 1.29 is 4.74 Å². The van der Waals surface area contributed by atoms with Gasteiger partial charge in [-0.3, -0.25) is 0 Å². The minimum absolute atomic E-state index is 0. The molecule has 0 unspecified atom stereocenters. The standard InChI is InChI=1S/C16H26N4O.HI/c1-16(2,3)21-14-10-6-9-13(19-14)11-18-15(17)20-12-7-4-5-8-12;/h6,9-10,12H,4-5,7-8,11H2,1-3H3,(H3,17,18,20);1H. The number of nitrogens with two attached hydrogens (primary N) is 1. The lowest BCUT2D eigenvalue weighted by atomic mass is 10.2. The number of aliphatic imine (C=N–C) groups is 1. The minimum atomic E-state index is -0.252. The molecule has 0 bridgehead atoms. The number of rotatable bonds is 4. The fraction of sp³-hybridized carbons (Fsp3) is 0.625. The first-order valence-electron chi connectivity index (χ1n) is 7.64. The van der Waals surface area contributed by atoms with Crippen molar-refractivity contribution in [2.45, 2.75) is 64.6 Å². The summed E-state index contributed by atoms with van der Waals surface area (Å²) >= 11 is 0. The number of nitrogens with one attached hydrogen (secondary N) is 1. The Labute approximate surface area is 150 Å². The summed E-state index contributed by atoms with van der Waals surface area (Å²) < 4.78 is 5.75. The third-order valence-corrected chi connectivity index (χ3v) is 3.31. The zero-order valence-corrected chi connectivity index (χ0v) is 16.0. The van der Waals surface area contributed by atoms with Gasteiger partial charge in [-0.1, -0.05) is 18.9 Å². The summed E-state index contributed by atoms with van der Waals surface area (Å²) in [6.45, 7) is 6.47. The maximum absolute atomic E-state index is 5.92. The molecule has 124 valence electrons. The second kappa shape index (κ2) is 8.55. The van der Waals surface area contributed by atoms with E-state index < -0.39 is 0 Å². The van der Waals surface area contributed by atoms with Gasteiger partial charge in [-0.2, -0.15) is 0 Å². The lowest BCUT2D eigenvalue weighted by molar-refractivity contribution is 0.124. The number of hydrogen-bond acceptors (Lipinski definition) is 3.